The number of hydrogen-bond donors (Lipinski definition) is 1. The first-order valence-electron chi connectivity index (χ1n) is 10.7. The lowest BCUT2D eigenvalue weighted by Gasteiger charge is -2.42. The number of ether oxygens (including phenoxy) is 1. The minimum atomic E-state index is -0.0678. The highest BCUT2D eigenvalue weighted by Gasteiger charge is 2.37. The van der Waals surface area contributed by atoms with E-state index in [-0.39, 0.29) is 42.9 Å². The summed E-state index contributed by atoms with van der Waals surface area (Å²) in [4.78, 5) is 17.9. The fourth-order valence-corrected chi connectivity index (χ4v) is 4.52. The molecule has 31 heavy (non-hydrogen) atoms. The van der Waals surface area contributed by atoms with Crippen LogP contribution in [0.15, 0.2) is 54.6 Å². The third-order valence-corrected chi connectivity index (χ3v) is 6.02. The third-order valence-electron chi connectivity index (χ3n) is 6.02. The molecule has 2 aliphatic heterocycles. The van der Waals surface area contributed by atoms with Crippen molar-refractivity contribution >= 4 is 30.7 Å². The molecule has 0 aliphatic carbocycles. The number of nitrogens with zero attached hydrogens (tertiary/aromatic N) is 2. The van der Waals surface area contributed by atoms with Gasteiger partial charge in [-0.25, -0.2) is 0 Å². The number of nitrogens with two attached hydrogens (primary N) is 1. The van der Waals surface area contributed by atoms with Crippen LogP contribution >= 0.6 is 24.8 Å². The molecule has 170 valence electrons. The smallest absolute Gasteiger partial charge is 0.254 e. The summed E-state index contributed by atoms with van der Waals surface area (Å²) in [5, 5.41) is 0. The van der Waals surface area contributed by atoms with Gasteiger partial charge in [0, 0.05) is 18.7 Å². The van der Waals surface area contributed by atoms with E-state index in [0.29, 0.717) is 19.7 Å². The van der Waals surface area contributed by atoms with Gasteiger partial charge in [-0.1, -0.05) is 42.5 Å². The van der Waals surface area contributed by atoms with E-state index in [9.17, 15) is 4.79 Å². The Labute approximate surface area is 197 Å². The number of rotatable bonds is 6. The van der Waals surface area contributed by atoms with E-state index < -0.39 is 0 Å². The van der Waals surface area contributed by atoms with Gasteiger partial charge in [0.05, 0.1) is 18.8 Å². The lowest BCUT2D eigenvalue weighted by Crippen LogP contribution is -2.51. The normalized spacial score (nSPS) is 21.3. The summed E-state index contributed by atoms with van der Waals surface area (Å²) in [6.07, 6.45) is 3.32. The SMILES string of the molecule is Cl.Cl.NCCc1ccc(C(=O)N2CCO[C@@H](CN3CCCC3)[C@@H]2c2ccccc2)cc1. The van der Waals surface area contributed by atoms with Gasteiger partial charge in [-0.2, -0.15) is 0 Å². The maximum Gasteiger partial charge on any atom is 0.254 e. The highest BCUT2D eigenvalue weighted by molar-refractivity contribution is 5.94. The van der Waals surface area contributed by atoms with Crippen molar-refractivity contribution in [3.63, 3.8) is 0 Å². The van der Waals surface area contributed by atoms with Crippen LogP contribution < -0.4 is 5.73 Å². The van der Waals surface area contributed by atoms with Crippen molar-refractivity contribution in [2.24, 2.45) is 5.73 Å². The Hall–Kier alpha value is -1.63. The number of hydrogen-bond acceptors (Lipinski definition) is 4. The topological polar surface area (TPSA) is 58.8 Å². The molecule has 2 atom stereocenters. The van der Waals surface area contributed by atoms with Crippen molar-refractivity contribution in [1.29, 1.82) is 0 Å². The maximum atomic E-state index is 13.5. The quantitative estimate of drug-likeness (QED) is 0.706. The maximum absolute atomic E-state index is 13.5. The van der Waals surface area contributed by atoms with E-state index in [0.717, 1.165) is 42.7 Å². The lowest BCUT2D eigenvalue weighted by molar-refractivity contribution is -0.0707. The van der Waals surface area contributed by atoms with Crippen LogP contribution in [0, 0.1) is 0 Å². The average Bonchev–Trinajstić information content (AvgIpc) is 3.28. The Morgan fingerprint density at radius 3 is 2.29 bits per heavy atom. The molecule has 0 aromatic heterocycles. The fourth-order valence-electron chi connectivity index (χ4n) is 4.52. The van der Waals surface area contributed by atoms with Crippen molar-refractivity contribution in [3.05, 3.63) is 71.3 Å². The van der Waals surface area contributed by atoms with Gasteiger partial charge in [-0.15, -0.1) is 24.8 Å². The van der Waals surface area contributed by atoms with Crippen LogP contribution in [0.3, 0.4) is 0 Å². The fraction of sp³-hybridized carbons (Fsp3) is 0.458. The van der Waals surface area contributed by atoms with E-state index in [1.54, 1.807) is 0 Å². The molecule has 2 fully saturated rings. The van der Waals surface area contributed by atoms with Gasteiger partial charge in [-0.3, -0.25) is 4.79 Å². The van der Waals surface area contributed by atoms with Gasteiger partial charge in [0.1, 0.15) is 0 Å². The molecule has 2 heterocycles. The molecule has 5 nitrogen and oxygen atoms in total. The number of carbonyl (C=O) groups excluding carboxylic acids is 1. The van der Waals surface area contributed by atoms with E-state index in [1.165, 1.54) is 12.8 Å². The Balaban J connectivity index is 0.00000171. The highest BCUT2D eigenvalue weighted by Crippen LogP contribution is 2.32. The first-order chi connectivity index (χ1) is 14.3. The average molecular weight is 466 g/mol. The number of morpholine rings is 1. The lowest BCUT2D eigenvalue weighted by atomic mass is 9.96. The Morgan fingerprint density at radius 1 is 0.968 bits per heavy atom. The molecule has 0 unspecified atom stereocenters. The molecule has 2 aromatic carbocycles. The van der Waals surface area contributed by atoms with Gasteiger partial charge in [0.15, 0.2) is 0 Å². The van der Waals surface area contributed by atoms with Crippen molar-refractivity contribution in [2.45, 2.75) is 31.4 Å². The van der Waals surface area contributed by atoms with Crippen molar-refractivity contribution in [3.8, 4) is 0 Å². The zero-order valence-electron chi connectivity index (χ0n) is 17.8. The van der Waals surface area contributed by atoms with Gasteiger partial charge in [0.2, 0.25) is 0 Å². The second-order valence-corrected chi connectivity index (χ2v) is 8.01. The van der Waals surface area contributed by atoms with Crippen LogP contribution in [0.5, 0.6) is 0 Å². The number of halogens is 2. The summed E-state index contributed by atoms with van der Waals surface area (Å²) >= 11 is 0. The molecule has 7 heteroatoms. The first kappa shape index (κ1) is 25.6. The molecule has 0 bridgehead atoms. The van der Waals surface area contributed by atoms with E-state index in [4.69, 9.17) is 10.5 Å². The largest absolute Gasteiger partial charge is 0.373 e. The Morgan fingerprint density at radius 2 is 1.65 bits per heavy atom. The summed E-state index contributed by atoms with van der Waals surface area (Å²) in [6.45, 7) is 4.93. The summed E-state index contributed by atoms with van der Waals surface area (Å²) in [6, 6.07) is 18.1. The predicted molar refractivity (Wildman–Crippen MR) is 129 cm³/mol. The van der Waals surface area contributed by atoms with E-state index >= 15 is 0 Å². The summed E-state index contributed by atoms with van der Waals surface area (Å²) < 4.78 is 6.22. The predicted octanol–water partition coefficient (Wildman–Crippen LogP) is 3.71. The van der Waals surface area contributed by atoms with Crippen LogP contribution in [-0.4, -0.2) is 61.1 Å². The Bertz CT molecular complexity index is 798. The first-order valence-corrected chi connectivity index (χ1v) is 10.7. The molecule has 2 N–H and O–H groups in total. The molecular weight excluding hydrogens is 433 g/mol. The minimum absolute atomic E-state index is 0. The summed E-state index contributed by atoms with van der Waals surface area (Å²) in [5.74, 6) is 0.0767. The van der Waals surface area contributed by atoms with Crippen molar-refractivity contribution in [2.75, 3.05) is 39.3 Å². The van der Waals surface area contributed by atoms with Crippen LogP contribution in [0.2, 0.25) is 0 Å². The van der Waals surface area contributed by atoms with Gasteiger partial charge in [0.25, 0.3) is 5.91 Å². The second-order valence-electron chi connectivity index (χ2n) is 8.01. The second kappa shape index (κ2) is 12.4. The number of carbonyl (C=O) groups is 1. The molecule has 2 aliphatic rings. The summed E-state index contributed by atoms with van der Waals surface area (Å²) in [7, 11) is 0. The van der Waals surface area contributed by atoms with Gasteiger partial charge in [-0.05, 0) is 62.2 Å². The zero-order chi connectivity index (χ0) is 20.1. The van der Waals surface area contributed by atoms with Gasteiger partial charge >= 0.3 is 0 Å². The van der Waals surface area contributed by atoms with Crippen LogP contribution in [0.1, 0.15) is 40.4 Å². The molecule has 1 amide bonds. The summed E-state index contributed by atoms with van der Waals surface area (Å²) in [5.41, 5.74) is 8.68. The molecule has 4 rings (SSSR count). The standard InChI is InChI=1S/C24H31N3O2.2ClH/c25-13-12-19-8-10-21(11-9-19)24(28)27-16-17-29-22(18-26-14-4-5-15-26)23(27)20-6-2-1-3-7-20;;/h1-3,6-11,22-23H,4-5,12-18,25H2;2*1H/t22-,23-;;/m0../s1. The molecule has 2 aromatic rings. The van der Waals surface area contributed by atoms with E-state index in [2.05, 4.69) is 17.0 Å². The Kier molecular flexibility index (Phi) is 10.3. The zero-order valence-corrected chi connectivity index (χ0v) is 19.5. The van der Waals surface area contributed by atoms with Crippen LogP contribution in [0.4, 0.5) is 0 Å². The number of benzene rings is 2. The molecular formula is C24H33Cl2N3O2. The molecule has 0 saturated carbocycles. The van der Waals surface area contributed by atoms with Crippen LogP contribution in [0.25, 0.3) is 0 Å². The van der Waals surface area contributed by atoms with E-state index in [1.807, 2.05) is 47.4 Å². The van der Waals surface area contributed by atoms with Crippen molar-refractivity contribution in [1.82, 2.24) is 9.80 Å². The minimum Gasteiger partial charge on any atom is -0.373 e. The molecule has 2 saturated heterocycles. The monoisotopic (exact) mass is 465 g/mol. The van der Waals surface area contributed by atoms with Gasteiger partial charge < -0.3 is 20.3 Å². The molecule has 0 radical (unpaired) electrons. The highest BCUT2D eigenvalue weighted by atomic mass is 35.5. The third kappa shape index (κ3) is 6.21. The number of amides is 1. The van der Waals surface area contributed by atoms with Crippen molar-refractivity contribution < 1.29 is 9.53 Å². The number of likely N-dealkylation sites (tertiary alicyclic amines) is 1. The van der Waals surface area contributed by atoms with Crippen LogP contribution in [-0.2, 0) is 11.2 Å². The molecule has 0 spiro atoms.